The zero-order valence-corrected chi connectivity index (χ0v) is 15.5. The van der Waals surface area contributed by atoms with Crippen molar-refractivity contribution in [1.82, 2.24) is 15.1 Å². The second kappa shape index (κ2) is 7.89. The largest absolute Gasteiger partial charge is 0.496 e. The van der Waals surface area contributed by atoms with E-state index in [-0.39, 0.29) is 5.69 Å². The summed E-state index contributed by atoms with van der Waals surface area (Å²) in [6, 6.07) is 15.8. The van der Waals surface area contributed by atoms with Gasteiger partial charge in [-0.1, -0.05) is 23.4 Å². The topological polar surface area (TPSA) is 104 Å². The Morgan fingerprint density at radius 1 is 1.10 bits per heavy atom. The molecule has 8 nitrogen and oxygen atoms in total. The average Bonchev–Trinajstić information content (AvgIpc) is 3.25. The normalized spacial score (nSPS) is 10.7. The van der Waals surface area contributed by atoms with Crippen molar-refractivity contribution in [1.29, 1.82) is 0 Å². The van der Waals surface area contributed by atoms with Gasteiger partial charge in [-0.05, 0) is 41.8 Å². The van der Waals surface area contributed by atoms with Crippen molar-refractivity contribution >= 4 is 5.69 Å². The average molecular weight is 388 g/mol. The van der Waals surface area contributed by atoms with E-state index in [0.29, 0.717) is 29.4 Å². The highest BCUT2D eigenvalue weighted by Crippen LogP contribution is 2.31. The summed E-state index contributed by atoms with van der Waals surface area (Å²) in [5.41, 5.74) is 3.44. The Morgan fingerprint density at radius 2 is 1.90 bits per heavy atom. The maximum atomic E-state index is 10.8. The molecule has 2 heterocycles. The molecule has 0 radical (unpaired) electrons. The predicted octanol–water partition coefficient (Wildman–Crippen LogP) is 4.31. The molecule has 29 heavy (non-hydrogen) atoms. The fraction of sp³-hybridized carbons (Fsp3) is 0.0952. The van der Waals surface area contributed by atoms with Gasteiger partial charge in [0.15, 0.2) is 0 Å². The minimum absolute atomic E-state index is 0.0684. The monoisotopic (exact) mass is 388 g/mol. The van der Waals surface area contributed by atoms with Crippen LogP contribution in [0.25, 0.3) is 22.8 Å². The molecule has 0 aliphatic heterocycles. The van der Waals surface area contributed by atoms with Crippen molar-refractivity contribution in [3.8, 4) is 28.6 Å². The minimum atomic E-state index is -0.411. The van der Waals surface area contributed by atoms with Crippen LogP contribution in [-0.2, 0) is 6.42 Å². The molecule has 4 rings (SSSR count). The molecule has 8 heteroatoms. The molecule has 0 aliphatic rings. The third kappa shape index (κ3) is 3.96. The Hall–Kier alpha value is -4.07. The first kappa shape index (κ1) is 18.3. The molecule has 0 saturated heterocycles. The summed E-state index contributed by atoms with van der Waals surface area (Å²) in [4.78, 5) is 18.9. The van der Waals surface area contributed by atoms with Crippen molar-refractivity contribution in [3.63, 3.8) is 0 Å². The summed E-state index contributed by atoms with van der Waals surface area (Å²) in [7, 11) is 1.58. The maximum absolute atomic E-state index is 10.8. The second-order valence-electron chi connectivity index (χ2n) is 6.30. The van der Waals surface area contributed by atoms with Crippen molar-refractivity contribution < 1.29 is 14.2 Å². The zero-order valence-electron chi connectivity index (χ0n) is 15.5. The first-order chi connectivity index (χ1) is 14.1. The van der Waals surface area contributed by atoms with E-state index in [4.69, 9.17) is 9.26 Å². The molecule has 144 valence electrons. The van der Waals surface area contributed by atoms with E-state index < -0.39 is 4.92 Å². The van der Waals surface area contributed by atoms with Crippen molar-refractivity contribution in [2.24, 2.45) is 0 Å². The molecule has 2 aromatic carbocycles. The fourth-order valence-electron chi connectivity index (χ4n) is 2.95. The summed E-state index contributed by atoms with van der Waals surface area (Å²) < 4.78 is 10.8. The molecule has 0 fully saturated rings. The SMILES string of the molecule is COc1ccc(Cc2ccc([N+](=O)[O-])cc2)cc1-c1noc(-c2cccnc2)n1. The molecule has 2 aromatic heterocycles. The number of aromatic nitrogens is 3. The third-order valence-electron chi connectivity index (χ3n) is 4.39. The molecular weight excluding hydrogens is 372 g/mol. The van der Waals surface area contributed by atoms with Crippen molar-refractivity contribution in [2.45, 2.75) is 6.42 Å². The third-order valence-corrected chi connectivity index (χ3v) is 4.39. The number of nitro groups is 1. The molecule has 0 atom stereocenters. The molecule has 0 amide bonds. The highest BCUT2D eigenvalue weighted by atomic mass is 16.6. The van der Waals surface area contributed by atoms with Crippen LogP contribution in [0.2, 0.25) is 0 Å². The van der Waals surface area contributed by atoms with Crippen LogP contribution in [0.15, 0.2) is 71.5 Å². The lowest BCUT2D eigenvalue weighted by Crippen LogP contribution is -1.94. The summed E-state index contributed by atoms with van der Waals surface area (Å²) in [6.45, 7) is 0. The smallest absolute Gasteiger partial charge is 0.269 e. The van der Waals surface area contributed by atoms with Gasteiger partial charge in [0.25, 0.3) is 11.6 Å². The van der Waals surface area contributed by atoms with Crippen LogP contribution >= 0.6 is 0 Å². The Morgan fingerprint density at radius 3 is 2.59 bits per heavy atom. The van der Waals surface area contributed by atoms with Crippen LogP contribution in [0, 0.1) is 10.1 Å². The van der Waals surface area contributed by atoms with Crippen molar-refractivity contribution in [2.75, 3.05) is 7.11 Å². The highest BCUT2D eigenvalue weighted by molar-refractivity contribution is 5.67. The second-order valence-corrected chi connectivity index (χ2v) is 6.30. The van der Waals surface area contributed by atoms with Gasteiger partial charge in [-0.2, -0.15) is 4.98 Å². The Kier molecular flexibility index (Phi) is 4.98. The quantitative estimate of drug-likeness (QED) is 0.358. The maximum Gasteiger partial charge on any atom is 0.269 e. The number of rotatable bonds is 6. The molecule has 0 spiro atoms. The Labute approximate surface area is 166 Å². The van der Waals surface area contributed by atoms with Gasteiger partial charge in [-0.25, -0.2) is 0 Å². The number of nitrogens with zero attached hydrogens (tertiary/aromatic N) is 4. The van der Waals surface area contributed by atoms with Gasteiger partial charge in [0.2, 0.25) is 5.82 Å². The Bertz CT molecular complexity index is 1140. The van der Waals surface area contributed by atoms with Crippen LogP contribution in [0.1, 0.15) is 11.1 Å². The standard InChI is InChI=1S/C21H16N4O4/c1-28-19-9-6-15(11-14-4-7-17(8-5-14)25(26)27)12-18(19)20-23-21(29-24-20)16-3-2-10-22-13-16/h2-10,12-13H,11H2,1H3. The van der Waals surface area contributed by atoms with Crippen LogP contribution in [0.3, 0.4) is 0 Å². The lowest BCUT2D eigenvalue weighted by atomic mass is 10.0. The molecule has 0 aliphatic carbocycles. The van der Waals surface area contributed by atoms with Crippen LogP contribution < -0.4 is 4.74 Å². The summed E-state index contributed by atoms with van der Waals surface area (Å²) in [6.07, 6.45) is 3.92. The van der Waals surface area contributed by atoms with E-state index >= 15 is 0 Å². The number of benzene rings is 2. The fourth-order valence-corrected chi connectivity index (χ4v) is 2.95. The predicted molar refractivity (Wildman–Crippen MR) is 105 cm³/mol. The summed E-state index contributed by atoms with van der Waals surface area (Å²) >= 11 is 0. The number of ether oxygens (including phenoxy) is 1. The van der Waals surface area contributed by atoms with Gasteiger partial charge >= 0.3 is 0 Å². The summed E-state index contributed by atoms with van der Waals surface area (Å²) in [5, 5.41) is 14.9. The zero-order chi connectivity index (χ0) is 20.2. The molecule has 0 unspecified atom stereocenters. The molecule has 0 saturated carbocycles. The number of methoxy groups -OCH3 is 1. The van der Waals surface area contributed by atoms with E-state index in [9.17, 15) is 10.1 Å². The lowest BCUT2D eigenvalue weighted by Gasteiger charge is -2.08. The van der Waals surface area contributed by atoms with Gasteiger partial charge in [0.1, 0.15) is 5.75 Å². The van der Waals surface area contributed by atoms with Crippen LogP contribution in [0.5, 0.6) is 5.75 Å². The number of pyridine rings is 1. The Balaban J connectivity index is 1.64. The van der Waals surface area contributed by atoms with Gasteiger partial charge in [0.05, 0.1) is 23.2 Å². The molecule has 0 N–H and O–H groups in total. The minimum Gasteiger partial charge on any atom is -0.496 e. The molecule has 4 aromatic rings. The van der Waals surface area contributed by atoms with E-state index in [1.807, 2.05) is 24.3 Å². The van der Waals surface area contributed by atoms with E-state index in [1.165, 1.54) is 12.1 Å². The summed E-state index contributed by atoms with van der Waals surface area (Å²) in [5.74, 6) is 1.40. The molecular formula is C21H16N4O4. The van der Waals surface area contributed by atoms with Crippen LogP contribution in [0.4, 0.5) is 5.69 Å². The number of nitro benzene ring substituents is 1. The van der Waals surface area contributed by atoms with Crippen LogP contribution in [-0.4, -0.2) is 27.2 Å². The van der Waals surface area contributed by atoms with Gasteiger partial charge < -0.3 is 9.26 Å². The van der Waals surface area contributed by atoms with Gasteiger partial charge in [0, 0.05) is 24.5 Å². The van der Waals surface area contributed by atoms with E-state index in [2.05, 4.69) is 15.1 Å². The first-order valence-corrected chi connectivity index (χ1v) is 8.79. The number of hydrogen-bond donors (Lipinski definition) is 0. The number of hydrogen-bond acceptors (Lipinski definition) is 7. The van der Waals surface area contributed by atoms with Crippen molar-refractivity contribution in [3.05, 3.63) is 88.2 Å². The first-order valence-electron chi connectivity index (χ1n) is 8.79. The van der Waals surface area contributed by atoms with E-state index in [0.717, 1.165) is 16.7 Å². The highest BCUT2D eigenvalue weighted by Gasteiger charge is 2.16. The van der Waals surface area contributed by atoms with E-state index in [1.54, 1.807) is 37.7 Å². The van der Waals surface area contributed by atoms with Gasteiger partial charge in [-0.3, -0.25) is 15.1 Å². The lowest BCUT2D eigenvalue weighted by molar-refractivity contribution is -0.384. The van der Waals surface area contributed by atoms with Gasteiger partial charge in [-0.15, -0.1) is 0 Å². The molecule has 0 bridgehead atoms. The number of non-ortho nitro benzene ring substituents is 1.